The fourth-order valence-electron chi connectivity index (χ4n) is 3.27. The van der Waals surface area contributed by atoms with Crippen molar-refractivity contribution in [2.45, 2.75) is 32.6 Å². The molecule has 0 bridgehead atoms. The Morgan fingerprint density at radius 3 is 2.39 bits per heavy atom. The Morgan fingerprint density at radius 2 is 1.71 bits per heavy atom. The molecule has 1 aromatic heterocycles. The minimum Gasteiger partial charge on any atom is -0.318 e. The number of aryl methyl sites for hydroxylation is 3. The summed E-state index contributed by atoms with van der Waals surface area (Å²) >= 11 is 1.49. The summed E-state index contributed by atoms with van der Waals surface area (Å²) in [6, 6.07) is 18.5. The van der Waals surface area contributed by atoms with Gasteiger partial charge >= 0.3 is 0 Å². The molecule has 0 aliphatic rings. The zero-order valence-electron chi connectivity index (χ0n) is 16.7. The molecule has 0 unspecified atom stereocenters. The van der Waals surface area contributed by atoms with Gasteiger partial charge in [0.1, 0.15) is 0 Å². The monoisotopic (exact) mass is 391 g/mol. The van der Waals surface area contributed by atoms with Gasteiger partial charge in [-0.15, -0.1) is 11.8 Å². The lowest BCUT2D eigenvalue weighted by molar-refractivity contribution is -0.118. The van der Waals surface area contributed by atoms with Gasteiger partial charge in [0.15, 0.2) is 0 Å². The number of carbonyl (C=O) groups excluding carboxylic acids is 1. The maximum Gasteiger partial charge on any atom is 0.250 e. The van der Waals surface area contributed by atoms with Crippen LogP contribution in [0.2, 0.25) is 0 Å². The maximum atomic E-state index is 12.0. The molecular weight excluding hydrogens is 366 g/mol. The molecule has 1 heterocycles. The summed E-state index contributed by atoms with van der Waals surface area (Å²) in [7, 11) is 0. The Balaban J connectivity index is 1.67. The second-order valence-electron chi connectivity index (χ2n) is 6.90. The predicted molar refractivity (Wildman–Crippen MR) is 118 cm³/mol. The first-order valence-corrected chi connectivity index (χ1v) is 10.2. The molecule has 4 nitrogen and oxygen atoms in total. The zero-order valence-corrected chi connectivity index (χ0v) is 17.5. The van der Waals surface area contributed by atoms with E-state index < -0.39 is 0 Å². The third-order valence-corrected chi connectivity index (χ3v) is 5.45. The van der Waals surface area contributed by atoms with Crippen LogP contribution in [0.5, 0.6) is 0 Å². The van der Waals surface area contributed by atoms with Crippen molar-refractivity contribution in [2.24, 2.45) is 5.10 Å². The highest BCUT2D eigenvalue weighted by atomic mass is 32.2. The number of aromatic nitrogens is 1. The van der Waals surface area contributed by atoms with Gasteiger partial charge < -0.3 is 4.57 Å². The zero-order chi connectivity index (χ0) is 20.1. The van der Waals surface area contributed by atoms with Crippen molar-refractivity contribution < 1.29 is 4.79 Å². The van der Waals surface area contributed by atoms with Crippen molar-refractivity contribution in [3.05, 3.63) is 82.7 Å². The molecule has 5 heteroatoms. The van der Waals surface area contributed by atoms with Crippen molar-refractivity contribution in [3.63, 3.8) is 0 Å². The topological polar surface area (TPSA) is 46.4 Å². The number of carbonyl (C=O) groups is 1. The highest BCUT2D eigenvalue weighted by Gasteiger charge is 2.10. The van der Waals surface area contributed by atoms with Crippen LogP contribution in [0.25, 0.3) is 5.69 Å². The van der Waals surface area contributed by atoms with Crippen molar-refractivity contribution in [2.75, 3.05) is 5.75 Å². The maximum absolute atomic E-state index is 12.0. The number of nitrogens with one attached hydrogen (secondary N) is 1. The van der Waals surface area contributed by atoms with Gasteiger partial charge in [-0.1, -0.05) is 24.3 Å². The van der Waals surface area contributed by atoms with Gasteiger partial charge in [-0.2, -0.15) is 5.10 Å². The molecular formula is C23H25N3OS. The normalized spacial score (nSPS) is 11.1. The SMILES string of the molecule is Cc1cc(C)cc(-n2c(C)cc(/C=N/NC(=O)CSc3ccccc3)c2C)c1. The highest BCUT2D eigenvalue weighted by Crippen LogP contribution is 2.22. The van der Waals surface area contributed by atoms with Crippen LogP contribution < -0.4 is 5.43 Å². The molecule has 0 radical (unpaired) electrons. The van der Waals surface area contributed by atoms with E-state index in [1.165, 1.54) is 22.9 Å². The molecule has 0 atom stereocenters. The van der Waals surface area contributed by atoms with Crippen LogP contribution in [0.4, 0.5) is 0 Å². The van der Waals surface area contributed by atoms with Gasteiger partial charge in [0, 0.05) is 27.5 Å². The minimum atomic E-state index is -0.117. The van der Waals surface area contributed by atoms with Crippen LogP contribution in [0.3, 0.4) is 0 Å². The van der Waals surface area contributed by atoms with Crippen molar-refractivity contribution in [3.8, 4) is 5.69 Å². The summed E-state index contributed by atoms with van der Waals surface area (Å²) in [4.78, 5) is 13.1. The highest BCUT2D eigenvalue weighted by molar-refractivity contribution is 8.00. The van der Waals surface area contributed by atoms with Crippen LogP contribution in [0, 0.1) is 27.7 Å². The van der Waals surface area contributed by atoms with Gasteiger partial charge in [-0.3, -0.25) is 4.79 Å². The molecule has 3 rings (SSSR count). The Hall–Kier alpha value is -2.79. The summed E-state index contributed by atoms with van der Waals surface area (Å²) in [6.07, 6.45) is 1.71. The summed E-state index contributed by atoms with van der Waals surface area (Å²) < 4.78 is 2.22. The molecule has 1 N–H and O–H groups in total. The number of thioether (sulfide) groups is 1. The summed E-state index contributed by atoms with van der Waals surface area (Å²) in [5, 5.41) is 4.15. The Bertz CT molecular complexity index is 986. The number of amides is 1. The van der Waals surface area contributed by atoms with Gasteiger partial charge in [0.2, 0.25) is 5.91 Å². The number of benzene rings is 2. The van der Waals surface area contributed by atoms with Crippen molar-refractivity contribution in [1.82, 2.24) is 9.99 Å². The minimum absolute atomic E-state index is 0.117. The molecule has 0 saturated carbocycles. The number of hydrazone groups is 1. The fourth-order valence-corrected chi connectivity index (χ4v) is 3.98. The van der Waals surface area contributed by atoms with Gasteiger partial charge in [0.05, 0.1) is 12.0 Å². The Morgan fingerprint density at radius 1 is 1.04 bits per heavy atom. The number of rotatable bonds is 6. The summed E-state index contributed by atoms with van der Waals surface area (Å²) in [6.45, 7) is 8.36. The molecule has 0 aliphatic carbocycles. The third kappa shape index (κ3) is 4.93. The van der Waals surface area contributed by atoms with Gasteiger partial charge in [-0.05, 0) is 69.2 Å². The molecule has 28 heavy (non-hydrogen) atoms. The first-order valence-electron chi connectivity index (χ1n) is 9.21. The average molecular weight is 392 g/mol. The first-order chi connectivity index (χ1) is 13.4. The van der Waals surface area contributed by atoms with E-state index in [1.807, 2.05) is 30.3 Å². The predicted octanol–water partition coefficient (Wildman–Crippen LogP) is 4.95. The van der Waals surface area contributed by atoms with Crippen LogP contribution in [-0.2, 0) is 4.79 Å². The molecule has 0 spiro atoms. The van der Waals surface area contributed by atoms with E-state index in [0.29, 0.717) is 5.75 Å². The molecule has 0 aliphatic heterocycles. The molecule has 144 valence electrons. The largest absolute Gasteiger partial charge is 0.318 e. The Kier molecular flexibility index (Phi) is 6.37. The Labute approximate surface area is 170 Å². The third-order valence-electron chi connectivity index (χ3n) is 4.44. The van der Waals surface area contributed by atoms with Gasteiger partial charge in [-0.25, -0.2) is 5.43 Å². The van der Waals surface area contributed by atoms with Crippen LogP contribution in [-0.4, -0.2) is 22.4 Å². The molecule has 2 aromatic carbocycles. The van der Waals surface area contributed by atoms with Crippen molar-refractivity contribution >= 4 is 23.9 Å². The lowest BCUT2D eigenvalue weighted by Gasteiger charge is -2.11. The van der Waals surface area contributed by atoms with E-state index in [4.69, 9.17) is 0 Å². The number of hydrogen-bond acceptors (Lipinski definition) is 3. The van der Waals surface area contributed by atoms with E-state index >= 15 is 0 Å². The lowest BCUT2D eigenvalue weighted by Crippen LogP contribution is -2.19. The van der Waals surface area contributed by atoms with Crippen LogP contribution in [0.1, 0.15) is 28.1 Å². The molecule has 0 saturated heterocycles. The van der Waals surface area contributed by atoms with Crippen molar-refractivity contribution in [1.29, 1.82) is 0 Å². The average Bonchev–Trinajstić information content (AvgIpc) is 2.93. The standard InChI is InChI=1S/C23H25N3OS/c1-16-10-17(2)12-21(11-16)26-18(3)13-20(19(26)4)14-24-25-23(27)15-28-22-8-6-5-7-9-22/h5-14H,15H2,1-4H3,(H,25,27)/b24-14+. The second-order valence-corrected chi connectivity index (χ2v) is 7.95. The molecule has 0 fully saturated rings. The van der Waals surface area contributed by atoms with Gasteiger partial charge in [0.25, 0.3) is 0 Å². The van der Waals surface area contributed by atoms with E-state index in [0.717, 1.165) is 27.5 Å². The van der Waals surface area contributed by atoms with E-state index in [2.05, 4.69) is 67.1 Å². The summed E-state index contributed by atoms with van der Waals surface area (Å²) in [5.74, 6) is 0.219. The van der Waals surface area contributed by atoms with E-state index in [9.17, 15) is 4.79 Å². The lowest BCUT2D eigenvalue weighted by atomic mass is 10.1. The smallest absolute Gasteiger partial charge is 0.250 e. The summed E-state index contributed by atoms with van der Waals surface area (Å²) in [5.41, 5.74) is 9.46. The number of nitrogens with zero attached hydrogens (tertiary/aromatic N) is 2. The van der Waals surface area contributed by atoms with E-state index in [1.54, 1.807) is 6.21 Å². The number of hydrogen-bond donors (Lipinski definition) is 1. The van der Waals surface area contributed by atoms with E-state index in [-0.39, 0.29) is 5.91 Å². The first kappa shape index (κ1) is 20.0. The quantitative estimate of drug-likeness (QED) is 0.367. The fraction of sp³-hybridized carbons (Fsp3) is 0.217. The second kappa shape index (κ2) is 8.93. The molecule has 3 aromatic rings. The van der Waals surface area contributed by atoms with Crippen LogP contribution in [0.15, 0.2) is 64.6 Å². The van der Waals surface area contributed by atoms with Crippen LogP contribution >= 0.6 is 11.8 Å². The molecule has 1 amide bonds.